The van der Waals surface area contributed by atoms with E-state index in [-0.39, 0.29) is 17.8 Å². The first-order chi connectivity index (χ1) is 9.23. The molecule has 0 unspecified atom stereocenters. The molecule has 0 spiro atoms. The van der Waals surface area contributed by atoms with Crippen LogP contribution in [0.15, 0.2) is 18.2 Å². The number of carbonyl (C=O) groups is 3. The van der Waals surface area contributed by atoms with Gasteiger partial charge in [0, 0.05) is 5.56 Å². The summed E-state index contributed by atoms with van der Waals surface area (Å²) in [4.78, 5) is 36.7. The van der Waals surface area contributed by atoms with Crippen molar-refractivity contribution in [1.29, 1.82) is 0 Å². The summed E-state index contributed by atoms with van der Waals surface area (Å²) in [6.45, 7) is 2.81. The fourth-order valence-electron chi connectivity index (χ4n) is 1.94. The van der Waals surface area contributed by atoms with Gasteiger partial charge in [0.15, 0.2) is 0 Å². The Morgan fingerprint density at radius 1 is 1.40 bits per heavy atom. The molecule has 0 atom stereocenters. The molecule has 0 aromatic heterocycles. The van der Waals surface area contributed by atoms with E-state index < -0.39 is 29.1 Å². The van der Waals surface area contributed by atoms with Gasteiger partial charge in [0.25, 0.3) is 11.8 Å². The van der Waals surface area contributed by atoms with Gasteiger partial charge >= 0.3 is 0 Å². The molecule has 2 rings (SSSR count). The molecular formula is C13H14FN3O3. The van der Waals surface area contributed by atoms with Crippen LogP contribution < -0.4 is 11.1 Å². The Morgan fingerprint density at radius 3 is 2.65 bits per heavy atom. The third-order valence-corrected chi connectivity index (χ3v) is 3.27. The van der Waals surface area contributed by atoms with E-state index in [0.717, 1.165) is 11.0 Å². The number of benzene rings is 1. The van der Waals surface area contributed by atoms with Gasteiger partial charge in [0.2, 0.25) is 5.91 Å². The van der Waals surface area contributed by atoms with Crippen LogP contribution in [0.5, 0.6) is 0 Å². The molecular weight excluding hydrogens is 265 g/mol. The average molecular weight is 279 g/mol. The van der Waals surface area contributed by atoms with Crippen molar-refractivity contribution >= 4 is 23.4 Å². The number of hydrogen-bond donors (Lipinski definition) is 2. The number of hydrogen-bond acceptors (Lipinski definition) is 4. The van der Waals surface area contributed by atoms with Crippen LogP contribution in [0.3, 0.4) is 0 Å². The lowest BCUT2D eigenvalue weighted by atomic mass is 9.97. The van der Waals surface area contributed by atoms with Crippen LogP contribution in [-0.2, 0) is 9.59 Å². The van der Waals surface area contributed by atoms with Crippen LogP contribution in [0.4, 0.5) is 10.1 Å². The first kappa shape index (κ1) is 14.0. The van der Waals surface area contributed by atoms with Crippen molar-refractivity contribution < 1.29 is 18.8 Å². The summed E-state index contributed by atoms with van der Waals surface area (Å²) < 4.78 is 13.1. The topological polar surface area (TPSA) is 92.5 Å². The van der Waals surface area contributed by atoms with Crippen LogP contribution in [0.2, 0.25) is 0 Å². The minimum absolute atomic E-state index is 0.125. The molecule has 3 N–H and O–H groups in total. The zero-order valence-corrected chi connectivity index (χ0v) is 11.1. The highest BCUT2D eigenvalue weighted by molar-refractivity contribution is 6.09. The first-order valence-electron chi connectivity index (χ1n) is 5.95. The fraction of sp³-hybridized carbons (Fsp3) is 0.308. The number of nitrogens with two attached hydrogens (primary N) is 1. The summed E-state index contributed by atoms with van der Waals surface area (Å²) >= 11 is 0. The Morgan fingerprint density at radius 2 is 2.05 bits per heavy atom. The lowest BCUT2D eigenvalue weighted by Gasteiger charge is -2.40. The third-order valence-electron chi connectivity index (χ3n) is 3.27. The summed E-state index contributed by atoms with van der Waals surface area (Å²) in [6, 6.07) is 3.52. The highest BCUT2D eigenvalue weighted by Gasteiger charge is 2.43. The smallest absolute Gasteiger partial charge is 0.255 e. The van der Waals surface area contributed by atoms with Gasteiger partial charge in [0.1, 0.15) is 17.9 Å². The number of piperazine rings is 1. The van der Waals surface area contributed by atoms with Crippen LogP contribution in [0, 0.1) is 5.82 Å². The largest absolute Gasteiger partial charge is 0.396 e. The second kappa shape index (κ2) is 4.59. The Labute approximate surface area is 114 Å². The summed E-state index contributed by atoms with van der Waals surface area (Å²) in [7, 11) is 0. The van der Waals surface area contributed by atoms with E-state index in [4.69, 9.17) is 5.73 Å². The highest BCUT2D eigenvalue weighted by atomic mass is 19.1. The molecule has 1 aromatic rings. The number of imide groups is 1. The number of anilines is 1. The molecule has 0 bridgehead atoms. The van der Waals surface area contributed by atoms with Crippen molar-refractivity contribution in [1.82, 2.24) is 10.2 Å². The van der Waals surface area contributed by atoms with E-state index in [0.29, 0.717) is 0 Å². The van der Waals surface area contributed by atoms with Crippen molar-refractivity contribution in [3.8, 4) is 0 Å². The standard InChI is InChI=1S/C13H14FN3O3/c1-13(2)12(20)16-10(18)6-17(13)11(19)7-3-4-8(14)9(15)5-7/h3-5H,6,15H2,1-2H3,(H,16,18,20). The molecule has 0 saturated carbocycles. The van der Waals surface area contributed by atoms with Gasteiger partial charge in [-0.15, -0.1) is 0 Å². The number of amides is 3. The lowest BCUT2D eigenvalue weighted by molar-refractivity contribution is -0.143. The van der Waals surface area contributed by atoms with E-state index in [9.17, 15) is 18.8 Å². The molecule has 0 radical (unpaired) electrons. The van der Waals surface area contributed by atoms with Crippen molar-refractivity contribution in [2.24, 2.45) is 0 Å². The lowest BCUT2D eigenvalue weighted by Crippen LogP contribution is -2.65. The normalized spacial score (nSPS) is 17.9. The predicted octanol–water partition coefficient (Wildman–Crippen LogP) is 0.285. The number of rotatable bonds is 1. The minimum Gasteiger partial charge on any atom is -0.396 e. The Kier molecular flexibility index (Phi) is 3.21. The first-order valence-corrected chi connectivity index (χ1v) is 5.95. The van der Waals surface area contributed by atoms with Gasteiger partial charge in [-0.05, 0) is 32.0 Å². The molecule has 1 aliphatic heterocycles. The van der Waals surface area contributed by atoms with Crippen LogP contribution in [-0.4, -0.2) is 34.7 Å². The van der Waals surface area contributed by atoms with Crippen LogP contribution in [0.25, 0.3) is 0 Å². The zero-order valence-electron chi connectivity index (χ0n) is 11.1. The minimum atomic E-state index is -1.17. The van der Waals surface area contributed by atoms with Crippen LogP contribution >= 0.6 is 0 Å². The summed E-state index contributed by atoms with van der Waals surface area (Å²) in [5.41, 5.74) is 4.20. The van der Waals surface area contributed by atoms with Crippen molar-refractivity contribution in [2.45, 2.75) is 19.4 Å². The molecule has 1 aromatic carbocycles. The summed E-state index contributed by atoms with van der Waals surface area (Å²) in [5.74, 6) is -2.30. The highest BCUT2D eigenvalue weighted by Crippen LogP contribution is 2.22. The predicted molar refractivity (Wildman–Crippen MR) is 69.1 cm³/mol. The maximum atomic E-state index is 13.1. The zero-order chi connectivity index (χ0) is 15.1. The Balaban J connectivity index is 2.38. The van der Waals surface area contributed by atoms with Gasteiger partial charge in [0.05, 0.1) is 5.69 Å². The number of nitrogens with zero attached hydrogens (tertiary/aromatic N) is 1. The molecule has 6 nitrogen and oxygen atoms in total. The average Bonchev–Trinajstić information content (AvgIpc) is 2.36. The van der Waals surface area contributed by atoms with Crippen molar-refractivity contribution in [3.05, 3.63) is 29.6 Å². The quantitative estimate of drug-likeness (QED) is 0.570. The second-order valence-corrected chi connectivity index (χ2v) is 5.06. The molecule has 0 aliphatic carbocycles. The molecule has 20 heavy (non-hydrogen) atoms. The van der Waals surface area contributed by atoms with E-state index in [1.807, 2.05) is 0 Å². The van der Waals surface area contributed by atoms with Gasteiger partial charge in [-0.3, -0.25) is 19.7 Å². The molecule has 7 heteroatoms. The third kappa shape index (κ3) is 2.22. The van der Waals surface area contributed by atoms with E-state index >= 15 is 0 Å². The maximum Gasteiger partial charge on any atom is 0.255 e. The number of carbonyl (C=O) groups excluding carboxylic acids is 3. The van der Waals surface area contributed by atoms with Crippen molar-refractivity contribution in [2.75, 3.05) is 12.3 Å². The molecule has 1 aliphatic rings. The summed E-state index contributed by atoms with van der Waals surface area (Å²) in [5, 5.41) is 2.17. The maximum absolute atomic E-state index is 13.1. The SMILES string of the molecule is CC1(C)C(=O)NC(=O)CN1C(=O)c1ccc(F)c(N)c1. The molecule has 3 amide bonds. The van der Waals surface area contributed by atoms with Crippen LogP contribution in [0.1, 0.15) is 24.2 Å². The van der Waals surface area contributed by atoms with Crippen molar-refractivity contribution in [3.63, 3.8) is 0 Å². The monoisotopic (exact) mass is 279 g/mol. The Hall–Kier alpha value is -2.44. The second-order valence-electron chi connectivity index (χ2n) is 5.06. The van der Waals surface area contributed by atoms with Gasteiger partial charge in [-0.1, -0.05) is 0 Å². The fourth-order valence-corrected chi connectivity index (χ4v) is 1.94. The van der Waals surface area contributed by atoms with Gasteiger partial charge < -0.3 is 10.6 Å². The van der Waals surface area contributed by atoms with E-state index in [2.05, 4.69) is 5.32 Å². The molecule has 1 saturated heterocycles. The number of halogens is 1. The molecule has 106 valence electrons. The summed E-state index contributed by atoms with van der Waals surface area (Å²) in [6.07, 6.45) is 0. The van der Waals surface area contributed by atoms with E-state index in [1.165, 1.54) is 26.0 Å². The Bertz CT molecular complexity index is 613. The van der Waals surface area contributed by atoms with E-state index in [1.54, 1.807) is 0 Å². The molecule has 1 heterocycles. The number of nitrogens with one attached hydrogen (secondary N) is 1. The van der Waals surface area contributed by atoms with Gasteiger partial charge in [-0.25, -0.2) is 4.39 Å². The molecule has 1 fully saturated rings. The number of nitrogen functional groups attached to an aromatic ring is 1. The van der Waals surface area contributed by atoms with Gasteiger partial charge in [-0.2, -0.15) is 0 Å².